The summed E-state index contributed by atoms with van der Waals surface area (Å²) in [6, 6.07) is 2.63. The molecule has 0 saturated carbocycles. The van der Waals surface area contributed by atoms with Crippen LogP contribution in [0.2, 0.25) is 0 Å². The van der Waals surface area contributed by atoms with Crippen molar-refractivity contribution in [2.24, 2.45) is 5.92 Å². The van der Waals surface area contributed by atoms with Crippen LogP contribution in [-0.4, -0.2) is 47.9 Å². The van der Waals surface area contributed by atoms with Crippen LogP contribution in [0.25, 0.3) is 0 Å². The lowest BCUT2D eigenvalue weighted by Gasteiger charge is -2.38. The lowest BCUT2D eigenvalue weighted by molar-refractivity contribution is -0.134. The molecule has 2 heterocycles. The molecule has 4 heteroatoms. The summed E-state index contributed by atoms with van der Waals surface area (Å²) in [5, 5.41) is 8.74. The van der Waals surface area contributed by atoms with Gasteiger partial charge in [0.05, 0.1) is 12.5 Å². The van der Waals surface area contributed by atoms with E-state index in [1.807, 2.05) is 0 Å². The molecule has 0 aromatic heterocycles. The number of nitriles is 1. The molecule has 106 valence electrons. The molecule has 0 radical (unpaired) electrons. The Balaban J connectivity index is 1.74. The van der Waals surface area contributed by atoms with Crippen LogP contribution in [0.1, 0.15) is 45.4 Å². The van der Waals surface area contributed by atoms with Gasteiger partial charge in [0, 0.05) is 25.6 Å². The maximum atomic E-state index is 11.8. The van der Waals surface area contributed by atoms with Crippen molar-refractivity contribution in [1.82, 2.24) is 9.80 Å². The fourth-order valence-corrected chi connectivity index (χ4v) is 3.20. The maximum absolute atomic E-state index is 11.8. The van der Waals surface area contributed by atoms with E-state index in [2.05, 4.69) is 22.8 Å². The summed E-state index contributed by atoms with van der Waals surface area (Å²) in [4.78, 5) is 16.3. The molecule has 0 aliphatic carbocycles. The first-order valence-corrected chi connectivity index (χ1v) is 7.59. The Morgan fingerprint density at radius 1 is 1.32 bits per heavy atom. The summed E-state index contributed by atoms with van der Waals surface area (Å²) in [5.41, 5.74) is 0. The normalized spacial score (nSPS) is 24.2. The molecular weight excluding hydrogens is 238 g/mol. The highest BCUT2D eigenvalue weighted by Gasteiger charge is 2.26. The van der Waals surface area contributed by atoms with Crippen LogP contribution >= 0.6 is 0 Å². The summed E-state index contributed by atoms with van der Waals surface area (Å²) >= 11 is 0. The molecule has 0 aromatic rings. The summed E-state index contributed by atoms with van der Waals surface area (Å²) in [6.07, 6.45) is 5.94. The zero-order valence-corrected chi connectivity index (χ0v) is 12.0. The van der Waals surface area contributed by atoms with Gasteiger partial charge in [-0.15, -0.1) is 0 Å². The van der Waals surface area contributed by atoms with Gasteiger partial charge in [0.2, 0.25) is 5.91 Å². The topological polar surface area (TPSA) is 47.3 Å². The Hall–Kier alpha value is -1.08. The highest BCUT2D eigenvalue weighted by atomic mass is 16.2. The Kier molecular flexibility index (Phi) is 5.21. The first-order chi connectivity index (χ1) is 9.20. The van der Waals surface area contributed by atoms with E-state index in [9.17, 15) is 4.79 Å². The monoisotopic (exact) mass is 263 g/mol. The van der Waals surface area contributed by atoms with Gasteiger partial charge in [-0.2, -0.15) is 5.26 Å². The van der Waals surface area contributed by atoms with E-state index in [0.717, 1.165) is 39.0 Å². The summed E-state index contributed by atoms with van der Waals surface area (Å²) in [7, 11) is 0. The maximum Gasteiger partial charge on any atom is 0.222 e. The van der Waals surface area contributed by atoms with Crippen molar-refractivity contribution in [3.63, 3.8) is 0 Å². The number of hydrogen-bond acceptors (Lipinski definition) is 3. The Morgan fingerprint density at radius 2 is 2.05 bits per heavy atom. The number of hydrogen-bond donors (Lipinski definition) is 0. The second kappa shape index (κ2) is 6.91. The number of piperidine rings is 2. The molecule has 19 heavy (non-hydrogen) atoms. The molecule has 2 saturated heterocycles. The molecule has 1 atom stereocenters. The number of carbonyl (C=O) groups excluding carboxylic acids is 1. The molecule has 1 amide bonds. The number of carbonyl (C=O) groups is 1. The molecule has 0 bridgehead atoms. The first kappa shape index (κ1) is 14.3. The average Bonchev–Trinajstić information content (AvgIpc) is 2.42. The molecule has 4 nitrogen and oxygen atoms in total. The molecule has 0 unspecified atom stereocenters. The zero-order chi connectivity index (χ0) is 13.7. The third kappa shape index (κ3) is 3.94. The highest BCUT2D eigenvalue weighted by Crippen LogP contribution is 2.22. The van der Waals surface area contributed by atoms with Crippen LogP contribution in [-0.2, 0) is 4.79 Å². The standard InChI is InChI=1S/C15H25N3O/c1-13(5-8-16)17-10-6-14(7-11-17)12-18-9-3-2-4-15(18)19/h13-14H,2-7,9-12H2,1H3/t13-/m1/s1. The van der Waals surface area contributed by atoms with Gasteiger partial charge in [0.25, 0.3) is 0 Å². The minimum absolute atomic E-state index is 0.353. The zero-order valence-electron chi connectivity index (χ0n) is 12.0. The van der Waals surface area contributed by atoms with Crippen LogP contribution in [0.5, 0.6) is 0 Å². The van der Waals surface area contributed by atoms with E-state index in [-0.39, 0.29) is 0 Å². The van der Waals surface area contributed by atoms with Gasteiger partial charge >= 0.3 is 0 Å². The molecule has 0 aromatic carbocycles. The second-order valence-corrected chi connectivity index (χ2v) is 5.99. The van der Waals surface area contributed by atoms with Gasteiger partial charge in [-0.05, 0) is 51.6 Å². The van der Waals surface area contributed by atoms with Gasteiger partial charge in [-0.25, -0.2) is 0 Å². The van der Waals surface area contributed by atoms with Crippen molar-refractivity contribution < 1.29 is 4.79 Å². The van der Waals surface area contributed by atoms with Crippen LogP contribution in [0.15, 0.2) is 0 Å². The van der Waals surface area contributed by atoms with Gasteiger partial charge in [-0.3, -0.25) is 9.69 Å². The van der Waals surface area contributed by atoms with E-state index >= 15 is 0 Å². The van der Waals surface area contributed by atoms with Gasteiger partial charge < -0.3 is 4.90 Å². The average molecular weight is 263 g/mol. The number of nitrogens with zero attached hydrogens (tertiary/aromatic N) is 3. The Morgan fingerprint density at radius 3 is 2.68 bits per heavy atom. The predicted molar refractivity (Wildman–Crippen MR) is 74.4 cm³/mol. The van der Waals surface area contributed by atoms with Crippen molar-refractivity contribution in [2.75, 3.05) is 26.2 Å². The number of rotatable bonds is 4. The molecular formula is C15H25N3O. The Bertz CT molecular complexity index is 342. The fourth-order valence-electron chi connectivity index (χ4n) is 3.20. The minimum atomic E-state index is 0.353. The van der Waals surface area contributed by atoms with Crippen LogP contribution in [0.3, 0.4) is 0 Å². The highest BCUT2D eigenvalue weighted by molar-refractivity contribution is 5.76. The molecule has 2 aliphatic heterocycles. The van der Waals surface area contributed by atoms with Crippen molar-refractivity contribution in [3.05, 3.63) is 0 Å². The molecule has 0 spiro atoms. The summed E-state index contributed by atoms with van der Waals surface area (Å²) < 4.78 is 0. The van der Waals surface area contributed by atoms with Gasteiger partial charge in [0.15, 0.2) is 0 Å². The summed E-state index contributed by atoms with van der Waals surface area (Å²) in [6.45, 7) is 6.21. The van der Waals surface area contributed by atoms with Gasteiger partial charge in [-0.1, -0.05) is 0 Å². The van der Waals surface area contributed by atoms with Crippen LogP contribution in [0.4, 0.5) is 0 Å². The lowest BCUT2D eigenvalue weighted by atomic mass is 9.94. The van der Waals surface area contributed by atoms with Crippen molar-refractivity contribution in [3.8, 4) is 6.07 Å². The fraction of sp³-hybridized carbons (Fsp3) is 0.867. The van der Waals surface area contributed by atoms with E-state index < -0.39 is 0 Å². The van der Waals surface area contributed by atoms with E-state index in [4.69, 9.17) is 5.26 Å². The molecule has 2 rings (SSSR count). The van der Waals surface area contributed by atoms with E-state index in [0.29, 0.717) is 24.3 Å². The predicted octanol–water partition coefficient (Wildman–Crippen LogP) is 2.01. The quantitative estimate of drug-likeness (QED) is 0.779. The van der Waals surface area contributed by atoms with Crippen molar-refractivity contribution in [2.45, 2.75) is 51.5 Å². The third-order valence-electron chi connectivity index (χ3n) is 4.56. The van der Waals surface area contributed by atoms with Crippen molar-refractivity contribution in [1.29, 1.82) is 5.26 Å². The van der Waals surface area contributed by atoms with E-state index in [1.54, 1.807) is 0 Å². The largest absolute Gasteiger partial charge is 0.342 e. The van der Waals surface area contributed by atoms with E-state index in [1.165, 1.54) is 19.3 Å². The minimum Gasteiger partial charge on any atom is -0.342 e. The first-order valence-electron chi connectivity index (χ1n) is 7.59. The SMILES string of the molecule is C[C@H](CC#N)N1CCC(CN2CCCCC2=O)CC1. The summed E-state index contributed by atoms with van der Waals surface area (Å²) in [5.74, 6) is 1.01. The number of likely N-dealkylation sites (tertiary alicyclic amines) is 2. The molecule has 2 fully saturated rings. The van der Waals surface area contributed by atoms with Crippen LogP contribution < -0.4 is 0 Å². The van der Waals surface area contributed by atoms with Crippen LogP contribution in [0, 0.1) is 17.2 Å². The number of amides is 1. The lowest BCUT2D eigenvalue weighted by Crippen LogP contribution is -2.44. The molecule has 2 aliphatic rings. The molecule has 0 N–H and O–H groups in total. The Labute approximate surface area is 116 Å². The third-order valence-corrected chi connectivity index (χ3v) is 4.56. The smallest absolute Gasteiger partial charge is 0.222 e. The second-order valence-electron chi connectivity index (χ2n) is 5.99. The van der Waals surface area contributed by atoms with Crippen molar-refractivity contribution >= 4 is 5.91 Å². The van der Waals surface area contributed by atoms with Gasteiger partial charge in [0.1, 0.15) is 0 Å².